The van der Waals surface area contributed by atoms with Crippen LogP contribution in [-0.4, -0.2) is 40.6 Å². The van der Waals surface area contributed by atoms with E-state index in [1.54, 1.807) is 0 Å². The molecule has 0 unspecified atom stereocenters. The number of hydrogen-bond donors (Lipinski definition) is 2. The maximum Gasteiger partial charge on any atom is 0.220 e. The Kier molecular flexibility index (Phi) is 3.34. The summed E-state index contributed by atoms with van der Waals surface area (Å²) < 4.78 is 0. The van der Waals surface area contributed by atoms with E-state index >= 15 is 0 Å². The number of phenolic OH excluding ortho intramolecular Hbond substituents is 1. The molecule has 1 aromatic rings. The summed E-state index contributed by atoms with van der Waals surface area (Å²) in [6.07, 6.45) is 10.2. The van der Waals surface area contributed by atoms with Crippen molar-refractivity contribution in [2.24, 2.45) is 11.8 Å². The molecular formula is C23H30N2O2. The average molecular weight is 367 g/mol. The molecular weight excluding hydrogens is 336 g/mol. The number of rotatable bonds is 2. The van der Waals surface area contributed by atoms with E-state index in [2.05, 4.69) is 22.3 Å². The SMILES string of the molecule is O=C1CC[C@@]2(CC[C@H]3[C@H]4Cc5ccc(O)cc5[C@@]3(CCN4CC3CC3)C2)N1. The molecule has 4 atom stereocenters. The zero-order chi connectivity index (χ0) is 18.2. The van der Waals surface area contributed by atoms with Crippen molar-refractivity contribution in [3.63, 3.8) is 0 Å². The van der Waals surface area contributed by atoms with Gasteiger partial charge in [0.15, 0.2) is 0 Å². The van der Waals surface area contributed by atoms with Gasteiger partial charge in [0.1, 0.15) is 5.75 Å². The van der Waals surface area contributed by atoms with Gasteiger partial charge in [-0.3, -0.25) is 9.69 Å². The predicted octanol–water partition coefficient (Wildman–Crippen LogP) is 3.12. The van der Waals surface area contributed by atoms with Gasteiger partial charge in [-0.05, 0) is 93.0 Å². The summed E-state index contributed by atoms with van der Waals surface area (Å²) in [5.74, 6) is 2.24. The van der Waals surface area contributed by atoms with Crippen LogP contribution in [0, 0.1) is 11.8 Å². The van der Waals surface area contributed by atoms with Crippen molar-refractivity contribution in [1.29, 1.82) is 0 Å². The highest BCUT2D eigenvalue weighted by molar-refractivity contribution is 5.79. The highest BCUT2D eigenvalue weighted by Crippen LogP contribution is 2.59. The molecule has 1 spiro atoms. The third-order valence-corrected chi connectivity index (χ3v) is 8.56. The van der Waals surface area contributed by atoms with E-state index < -0.39 is 0 Å². The van der Waals surface area contributed by atoms with Crippen LogP contribution in [0.3, 0.4) is 0 Å². The second-order valence-corrected chi connectivity index (χ2v) is 10.1. The van der Waals surface area contributed by atoms with Gasteiger partial charge in [-0.25, -0.2) is 0 Å². The summed E-state index contributed by atoms with van der Waals surface area (Å²) in [7, 11) is 0. The van der Waals surface area contributed by atoms with Gasteiger partial charge in [0.2, 0.25) is 5.91 Å². The van der Waals surface area contributed by atoms with Gasteiger partial charge in [0.25, 0.3) is 0 Å². The minimum atomic E-state index is -0.00311. The summed E-state index contributed by atoms with van der Waals surface area (Å²) in [6, 6.07) is 6.74. The summed E-state index contributed by atoms with van der Waals surface area (Å²) >= 11 is 0. The largest absolute Gasteiger partial charge is 0.508 e. The van der Waals surface area contributed by atoms with Crippen molar-refractivity contribution < 1.29 is 9.90 Å². The quantitative estimate of drug-likeness (QED) is 0.846. The highest BCUT2D eigenvalue weighted by atomic mass is 16.3. The van der Waals surface area contributed by atoms with Crippen LogP contribution in [0.1, 0.15) is 62.5 Å². The number of phenols is 1. The van der Waals surface area contributed by atoms with Crippen LogP contribution in [0.4, 0.5) is 0 Å². The first kappa shape index (κ1) is 16.4. The fraction of sp³-hybridized carbons (Fsp3) is 0.696. The number of fused-ring (bicyclic) bond motifs is 1. The first-order valence-corrected chi connectivity index (χ1v) is 10.9. The Morgan fingerprint density at radius 1 is 1.19 bits per heavy atom. The van der Waals surface area contributed by atoms with E-state index in [1.807, 2.05) is 6.07 Å². The van der Waals surface area contributed by atoms with Crippen molar-refractivity contribution in [3.8, 4) is 5.75 Å². The van der Waals surface area contributed by atoms with Gasteiger partial charge in [0.05, 0.1) is 0 Å². The first-order valence-electron chi connectivity index (χ1n) is 10.9. The van der Waals surface area contributed by atoms with Crippen LogP contribution in [0.25, 0.3) is 0 Å². The highest BCUT2D eigenvalue weighted by Gasteiger charge is 2.60. The van der Waals surface area contributed by atoms with Gasteiger partial charge in [-0.15, -0.1) is 0 Å². The molecule has 4 fully saturated rings. The lowest BCUT2D eigenvalue weighted by Gasteiger charge is -2.62. The molecule has 0 radical (unpaired) electrons. The third kappa shape index (κ3) is 2.41. The molecule has 2 saturated carbocycles. The maximum atomic E-state index is 12.1. The number of carbonyl (C=O) groups excluding carboxylic acids is 1. The Bertz CT molecular complexity index is 804. The number of hydrogen-bond acceptors (Lipinski definition) is 3. The Labute approximate surface area is 161 Å². The zero-order valence-corrected chi connectivity index (χ0v) is 16.0. The number of amides is 1. The Hall–Kier alpha value is -1.55. The minimum absolute atomic E-state index is 0.00311. The fourth-order valence-electron chi connectivity index (χ4n) is 7.21. The average Bonchev–Trinajstić information content (AvgIpc) is 3.40. The molecule has 2 saturated heterocycles. The molecule has 2 heterocycles. The van der Waals surface area contributed by atoms with Crippen molar-refractivity contribution in [3.05, 3.63) is 29.3 Å². The molecule has 2 aliphatic heterocycles. The molecule has 2 bridgehead atoms. The van der Waals surface area contributed by atoms with Crippen LogP contribution in [0.2, 0.25) is 0 Å². The summed E-state index contributed by atoms with van der Waals surface area (Å²) in [5.41, 5.74) is 2.97. The number of aromatic hydroxyl groups is 1. The van der Waals surface area contributed by atoms with Gasteiger partial charge in [-0.2, -0.15) is 0 Å². The zero-order valence-electron chi connectivity index (χ0n) is 16.0. The molecule has 0 aromatic heterocycles. The van der Waals surface area contributed by atoms with Gasteiger partial charge in [-0.1, -0.05) is 6.07 Å². The summed E-state index contributed by atoms with van der Waals surface area (Å²) in [4.78, 5) is 14.9. The van der Waals surface area contributed by atoms with E-state index in [0.717, 1.165) is 31.6 Å². The molecule has 4 heteroatoms. The third-order valence-electron chi connectivity index (χ3n) is 8.56. The maximum absolute atomic E-state index is 12.1. The number of carbonyl (C=O) groups is 1. The topological polar surface area (TPSA) is 52.6 Å². The predicted molar refractivity (Wildman–Crippen MR) is 104 cm³/mol. The van der Waals surface area contributed by atoms with Crippen LogP contribution < -0.4 is 5.32 Å². The fourth-order valence-corrected chi connectivity index (χ4v) is 7.21. The number of nitrogens with zero attached hydrogens (tertiary/aromatic N) is 1. The molecule has 1 amide bonds. The number of nitrogens with one attached hydrogen (secondary N) is 1. The lowest BCUT2D eigenvalue weighted by atomic mass is 9.49. The Balaban J connectivity index is 1.43. The number of piperidine rings is 1. The molecule has 6 rings (SSSR count). The lowest BCUT2D eigenvalue weighted by Crippen LogP contribution is -2.65. The van der Waals surface area contributed by atoms with Crippen molar-refractivity contribution in [2.45, 2.75) is 74.8 Å². The monoisotopic (exact) mass is 366 g/mol. The molecule has 3 aliphatic carbocycles. The molecule has 144 valence electrons. The number of benzene rings is 1. The summed E-state index contributed by atoms with van der Waals surface area (Å²) in [5, 5.41) is 13.7. The summed E-state index contributed by atoms with van der Waals surface area (Å²) in [6.45, 7) is 2.46. The first-order chi connectivity index (χ1) is 13.1. The van der Waals surface area contributed by atoms with Crippen LogP contribution >= 0.6 is 0 Å². The smallest absolute Gasteiger partial charge is 0.220 e. The van der Waals surface area contributed by atoms with Crippen molar-refractivity contribution >= 4 is 5.91 Å². The molecule has 1 aromatic carbocycles. The Morgan fingerprint density at radius 3 is 2.85 bits per heavy atom. The molecule has 2 N–H and O–H groups in total. The van der Waals surface area contributed by atoms with E-state index in [4.69, 9.17) is 0 Å². The van der Waals surface area contributed by atoms with Crippen LogP contribution in [0.5, 0.6) is 5.75 Å². The van der Waals surface area contributed by atoms with Crippen molar-refractivity contribution in [2.75, 3.05) is 13.1 Å². The van der Waals surface area contributed by atoms with E-state index in [1.165, 1.54) is 49.9 Å². The van der Waals surface area contributed by atoms with Crippen LogP contribution in [-0.2, 0) is 16.6 Å². The normalized spacial score (nSPS) is 40.5. The number of likely N-dealkylation sites (tertiary alicyclic amines) is 1. The second kappa shape index (κ2) is 5.50. The second-order valence-electron chi connectivity index (χ2n) is 10.1. The van der Waals surface area contributed by atoms with Gasteiger partial charge < -0.3 is 10.4 Å². The van der Waals surface area contributed by atoms with Gasteiger partial charge >= 0.3 is 0 Å². The van der Waals surface area contributed by atoms with E-state index in [9.17, 15) is 9.90 Å². The van der Waals surface area contributed by atoms with Crippen molar-refractivity contribution in [1.82, 2.24) is 10.2 Å². The molecule has 4 nitrogen and oxygen atoms in total. The minimum Gasteiger partial charge on any atom is -0.508 e. The molecule has 5 aliphatic rings. The Morgan fingerprint density at radius 2 is 2.07 bits per heavy atom. The van der Waals surface area contributed by atoms with E-state index in [-0.39, 0.29) is 16.9 Å². The molecule has 27 heavy (non-hydrogen) atoms. The van der Waals surface area contributed by atoms with Gasteiger partial charge in [0, 0.05) is 30.0 Å². The standard InChI is InChI=1S/C23H30N2O2/c26-17-4-3-16-11-20-18-5-7-22(8-6-21(27)24-22)14-23(18,19(16)12-17)9-10-25(20)13-15-1-2-15/h3-4,12,15,18,20,26H,1-2,5-11,13-14H2,(H,24,27)/t18-,20+,22+,23-/m0/s1. The van der Waals surface area contributed by atoms with E-state index in [0.29, 0.717) is 24.1 Å². The van der Waals surface area contributed by atoms with Crippen LogP contribution in [0.15, 0.2) is 18.2 Å². The lowest BCUT2D eigenvalue weighted by molar-refractivity contribution is -0.120.